The van der Waals surface area contributed by atoms with Gasteiger partial charge in [-0.25, -0.2) is 4.98 Å². The molecule has 0 saturated carbocycles. The number of nitrogens with zero attached hydrogens (tertiary/aromatic N) is 2. The maximum Gasteiger partial charge on any atom is 0.253 e. The van der Waals surface area contributed by atoms with E-state index in [2.05, 4.69) is 9.88 Å². The van der Waals surface area contributed by atoms with Crippen LogP contribution in [-0.2, 0) is 17.9 Å². The van der Waals surface area contributed by atoms with E-state index in [1.165, 1.54) is 11.3 Å². The summed E-state index contributed by atoms with van der Waals surface area (Å²) >= 11 is 1.52. The van der Waals surface area contributed by atoms with Crippen LogP contribution in [-0.4, -0.2) is 41.8 Å². The zero-order valence-electron chi connectivity index (χ0n) is 20.4. The van der Waals surface area contributed by atoms with Gasteiger partial charge < -0.3 is 28.5 Å². The van der Waals surface area contributed by atoms with Crippen LogP contribution < -0.4 is 14.8 Å². The van der Waals surface area contributed by atoms with Crippen LogP contribution in [0.15, 0.2) is 58.5 Å². The normalized spacial score (nSPS) is 15.2. The van der Waals surface area contributed by atoms with Gasteiger partial charge in [0.1, 0.15) is 28.9 Å². The predicted octanol–water partition coefficient (Wildman–Crippen LogP) is 5.06. The summed E-state index contributed by atoms with van der Waals surface area (Å²) in [5, 5.41) is 5.87. The number of amides is 1. The van der Waals surface area contributed by atoms with Crippen molar-refractivity contribution in [3.63, 3.8) is 0 Å². The summed E-state index contributed by atoms with van der Waals surface area (Å²) in [4.78, 5) is 17.9. The Kier molecular flexibility index (Phi) is 7.39. The van der Waals surface area contributed by atoms with Crippen LogP contribution in [0.4, 0.5) is 0 Å². The van der Waals surface area contributed by atoms with Gasteiger partial charge in [0.25, 0.3) is 5.91 Å². The molecule has 0 bridgehead atoms. The molecule has 1 aliphatic rings. The molecule has 1 fully saturated rings. The lowest BCUT2D eigenvalue weighted by atomic mass is 10.2. The monoisotopic (exact) mass is 507 g/mol. The number of carbonyl (C=O) groups is 1. The van der Waals surface area contributed by atoms with Gasteiger partial charge in [-0.1, -0.05) is 0 Å². The van der Waals surface area contributed by atoms with Crippen LogP contribution in [0, 0.1) is 6.92 Å². The van der Waals surface area contributed by atoms with Crippen molar-refractivity contribution in [3.05, 3.63) is 76.1 Å². The number of benzene rings is 1. The lowest BCUT2D eigenvalue weighted by Crippen LogP contribution is -2.32. The molecule has 5 rings (SSSR count). The molecule has 9 heteroatoms. The Balaban J connectivity index is 1.35. The Morgan fingerprint density at radius 1 is 1.25 bits per heavy atom. The number of carbonyl (C=O) groups excluding carboxylic acids is 1. The molecule has 188 valence electrons. The molecule has 1 N–H and O–H groups in total. The Bertz CT molecular complexity index is 1290. The second-order valence-corrected chi connectivity index (χ2v) is 9.57. The van der Waals surface area contributed by atoms with Gasteiger partial charge in [0.15, 0.2) is 0 Å². The van der Waals surface area contributed by atoms with Gasteiger partial charge in [0, 0.05) is 24.2 Å². The van der Waals surface area contributed by atoms with E-state index in [1.807, 2.05) is 54.8 Å². The first-order valence-electron chi connectivity index (χ1n) is 11.9. The number of rotatable bonds is 10. The summed E-state index contributed by atoms with van der Waals surface area (Å²) in [5.41, 5.74) is 3.13. The predicted molar refractivity (Wildman–Crippen MR) is 137 cm³/mol. The molecule has 4 aromatic rings. The van der Waals surface area contributed by atoms with Crippen LogP contribution in [0.1, 0.15) is 39.7 Å². The van der Waals surface area contributed by atoms with Crippen molar-refractivity contribution in [2.45, 2.75) is 39.0 Å². The fraction of sp³-hybridized carbons (Fsp3) is 0.333. The minimum absolute atomic E-state index is 0.0886. The van der Waals surface area contributed by atoms with Gasteiger partial charge in [-0.15, -0.1) is 11.3 Å². The number of ether oxygens (including phenoxy) is 3. The van der Waals surface area contributed by atoms with E-state index in [-0.39, 0.29) is 12.0 Å². The molecular weight excluding hydrogens is 478 g/mol. The molecule has 0 aliphatic carbocycles. The highest BCUT2D eigenvalue weighted by Gasteiger charge is 2.22. The van der Waals surface area contributed by atoms with E-state index >= 15 is 0 Å². The second kappa shape index (κ2) is 11.0. The summed E-state index contributed by atoms with van der Waals surface area (Å²) < 4.78 is 24.4. The fourth-order valence-corrected chi connectivity index (χ4v) is 4.97. The number of aromatic nitrogens is 2. The van der Waals surface area contributed by atoms with E-state index in [1.54, 1.807) is 13.4 Å². The molecule has 4 heterocycles. The Morgan fingerprint density at radius 3 is 2.81 bits per heavy atom. The maximum absolute atomic E-state index is 13.1. The third-order valence-corrected chi connectivity index (χ3v) is 7.08. The number of hydrogen-bond acceptors (Lipinski definition) is 7. The Hall–Kier alpha value is -3.56. The average molecular weight is 508 g/mol. The zero-order valence-corrected chi connectivity index (χ0v) is 21.2. The first-order valence-corrected chi connectivity index (χ1v) is 12.8. The molecule has 3 aromatic heterocycles. The lowest BCUT2D eigenvalue weighted by Gasteiger charge is -2.11. The third kappa shape index (κ3) is 5.47. The Labute approximate surface area is 213 Å². The van der Waals surface area contributed by atoms with Crippen molar-refractivity contribution in [3.8, 4) is 22.9 Å². The molecule has 1 aliphatic heterocycles. The molecule has 1 aromatic carbocycles. The van der Waals surface area contributed by atoms with Crippen LogP contribution in [0.3, 0.4) is 0 Å². The summed E-state index contributed by atoms with van der Waals surface area (Å²) in [7, 11) is 1.63. The quantitative estimate of drug-likeness (QED) is 0.323. The van der Waals surface area contributed by atoms with Crippen LogP contribution >= 0.6 is 11.3 Å². The van der Waals surface area contributed by atoms with Gasteiger partial charge >= 0.3 is 0 Å². The minimum atomic E-state index is -0.110. The van der Waals surface area contributed by atoms with Crippen molar-refractivity contribution in [2.24, 2.45) is 0 Å². The number of methoxy groups -OCH3 is 1. The van der Waals surface area contributed by atoms with Crippen LogP contribution in [0.2, 0.25) is 0 Å². The van der Waals surface area contributed by atoms with Crippen molar-refractivity contribution < 1.29 is 23.4 Å². The summed E-state index contributed by atoms with van der Waals surface area (Å²) in [6.45, 7) is 4.08. The molecule has 0 spiro atoms. The zero-order chi connectivity index (χ0) is 24.9. The summed E-state index contributed by atoms with van der Waals surface area (Å²) in [6.07, 6.45) is 3.76. The maximum atomic E-state index is 13.1. The fourth-order valence-electron chi connectivity index (χ4n) is 4.27. The molecule has 1 amide bonds. The van der Waals surface area contributed by atoms with E-state index in [0.717, 1.165) is 58.8 Å². The highest BCUT2D eigenvalue weighted by Crippen LogP contribution is 2.29. The number of furan rings is 1. The van der Waals surface area contributed by atoms with E-state index in [4.69, 9.17) is 23.6 Å². The molecule has 1 saturated heterocycles. The highest BCUT2D eigenvalue weighted by molar-refractivity contribution is 7.09. The molecule has 8 nitrogen and oxygen atoms in total. The topological polar surface area (TPSA) is 87.8 Å². The first kappa shape index (κ1) is 24.1. The standard InChI is InChI=1S/C27H29N3O5S/c1-18-23(27(31)28-14-21-5-3-11-33-21)13-25(30(18)15-22-6-4-12-34-22)24-17-36-26(29-24)16-35-20-9-7-19(32-2)8-10-20/h4,6-10,12-13,17,21H,3,5,11,14-16H2,1-2H3,(H,28,31). The first-order chi connectivity index (χ1) is 17.6. The van der Waals surface area contributed by atoms with Crippen molar-refractivity contribution >= 4 is 17.2 Å². The largest absolute Gasteiger partial charge is 0.497 e. The summed E-state index contributed by atoms with van der Waals surface area (Å²) in [5.74, 6) is 2.22. The molecule has 1 unspecified atom stereocenters. The Morgan fingerprint density at radius 2 is 2.08 bits per heavy atom. The summed E-state index contributed by atoms with van der Waals surface area (Å²) in [6, 6.07) is 13.2. The van der Waals surface area contributed by atoms with Crippen molar-refractivity contribution in [1.82, 2.24) is 14.9 Å². The average Bonchev–Trinajstić information content (AvgIpc) is 3.71. The molecular formula is C27H29N3O5S. The van der Waals surface area contributed by atoms with E-state index in [9.17, 15) is 4.79 Å². The van der Waals surface area contributed by atoms with Gasteiger partial charge in [-0.3, -0.25) is 4.79 Å². The van der Waals surface area contributed by atoms with Crippen molar-refractivity contribution in [1.29, 1.82) is 0 Å². The van der Waals surface area contributed by atoms with E-state index in [0.29, 0.717) is 25.3 Å². The number of nitrogens with one attached hydrogen (secondary N) is 1. The lowest BCUT2D eigenvalue weighted by molar-refractivity contribution is 0.0857. The van der Waals surface area contributed by atoms with E-state index < -0.39 is 0 Å². The van der Waals surface area contributed by atoms with Crippen LogP contribution in [0.25, 0.3) is 11.4 Å². The minimum Gasteiger partial charge on any atom is -0.497 e. The van der Waals surface area contributed by atoms with Gasteiger partial charge in [-0.05, 0) is 62.2 Å². The number of hydrogen-bond donors (Lipinski definition) is 1. The smallest absolute Gasteiger partial charge is 0.253 e. The molecule has 0 radical (unpaired) electrons. The highest BCUT2D eigenvalue weighted by atomic mass is 32.1. The van der Waals surface area contributed by atoms with Gasteiger partial charge in [0.05, 0.1) is 43.0 Å². The van der Waals surface area contributed by atoms with Crippen molar-refractivity contribution in [2.75, 3.05) is 20.3 Å². The van der Waals surface area contributed by atoms with Crippen LogP contribution in [0.5, 0.6) is 11.5 Å². The molecule has 36 heavy (non-hydrogen) atoms. The van der Waals surface area contributed by atoms with Gasteiger partial charge in [0.2, 0.25) is 0 Å². The molecule has 1 atom stereocenters. The third-order valence-electron chi connectivity index (χ3n) is 6.26. The SMILES string of the molecule is COc1ccc(OCc2nc(-c3cc(C(=O)NCC4CCCO4)c(C)n3Cc3ccco3)cs2)cc1. The van der Waals surface area contributed by atoms with Gasteiger partial charge in [-0.2, -0.15) is 0 Å². The number of thiazole rings is 1. The second-order valence-electron chi connectivity index (χ2n) is 8.63.